The molecule has 44 heavy (non-hydrogen) atoms. The van der Waals surface area contributed by atoms with Crippen molar-refractivity contribution >= 4 is 22.8 Å². The van der Waals surface area contributed by atoms with Gasteiger partial charge >= 0.3 is 0 Å². The van der Waals surface area contributed by atoms with Gasteiger partial charge in [-0.15, -0.1) is 0 Å². The van der Waals surface area contributed by atoms with Crippen LogP contribution in [0.2, 0.25) is 0 Å². The van der Waals surface area contributed by atoms with Crippen molar-refractivity contribution in [2.45, 2.75) is 33.4 Å². The third kappa shape index (κ3) is 7.48. The Balaban J connectivity index is 1.41. The van der Waals surface area contributed by atoms with E-state index in [4.69, 9.17) is 4.42 Å². The van der Waals surface area contributed by atoms with E-state index in [0.717, 1.165) is 11.1 Å². The van der Waals surface area contributed by atoms with Crippen LogP contribution in [0.5, 0.6) is 0 Å². The van der Waals surface area contributed by atoms with E-state index >= 15 is 0 Å². The van der Waals surface area contributed by atoms with Crippen molar-refractivity contribution in [3.8, 4) is 11.1 Å². The highest BCUT2D eigenvalue weighted by atomic mass is 19.1. The largest absolute Gasteiger partial charge is 0.464 e. The third-order valence-electron chi connectivity index (χ3n) is 7.58. The van der Waals surface area contributed by atoms with Crippen molar-refractivity contribution in [1.82, 2.24) is 9.80 Å². The molecule has 1 aromatic heterocycles. The van der Waals surface area contributed by atoms with Crippen LogP contribution < -0.4 is 5.43 Å². The second-order valence-corrected chi connectivity index (χ2v) is 11.3. The molecule has 5 rings (SSSR count). The predicted octanol–water partition coefficient (Wildman–Crippen LogP) is 7.32. The molecule has 0 bridgehead atoms. The zero-order valence-electron chi connectivity index (χ0n) is 24.9. The molecule has 0 aliphatic heterocycles. The summed E-state index contributed by atoms with van der Waals surface area (Å²) in [6, 6.07) is 30.1. The maximum Gasteiger partial charge on any atom is 0.254 e. The fourth-order valence-electron chi connectivity index (χ4n) is 5.02. The summed E-state index contributed by atoms with van der Waals surface area (Å²) in [6.45, 7) is 4.46. The highest BCUT2D eigenvalue weighted by molar-refractivity contribution is 5.97. The first-order chi connectivity index (χ1) is 21.3. The molecule has 0 unspecified atom stereocenters. The van der Waals surface area contributed by atoms with Crippen LogP contribution in [0.3, 0.4) is 0 Å². The molecule has 4 aromatic carbocycles. The normalized spacial score (nSPS) is 11.1. The van der Waals surface area contributed by atoms with Gasteiger partial charge in [-0.3, -0.25) is 14.4 Å². The summed E-state index contributed by atoms with van der Waals surface area (Å²) >= 11 is 0. The van der Waals surface area contributed by atoms with Crippen LogP contribution in [0.1, 0.15) is 41.8 Å². The maximum absolute atomic E-state index is 13.9. The lowest BCUT2D eigenvalue weighted by molar-refractivity contribution is -0.133. The first kappa shape index (κ1) is 30.4. The van der Waals surface area contributed by atoms with Gasteiger partial charge in [-0.25, -0.2) is 4.39 Å². The molecule has 0 atom stereocenters. The molecule has 2 amide bonds. The Morgan fingerprint density at radius 2 is 1.43 bits per heavy atom. The number of hydrogen-bond acceptors (Lipinski definition) is 4. The van der Waals surface area contributed by atoms with Gasteiger partial charge in [0.05, 0.1) is 23.8 Å². The minimum Gasteiger partial charge on any atom is -0.464 e. The number of fused-ring (bicyclic) bond motifs is 1. The number of rotatable bonds is 11. The lowest BCUT2D eigenvalue weighted by Gasteiger charge is -2.28. The van der Waals surface area contributed by atoms with Crippen molar-refractivity contribution in [3.05, 3.63) is 142 Å². The summed E-state index contributed by atoms with van der Waals surface area (Å²) < 4.78 is 19.3. The summed E-state index contributed by atoms with van der Waals surface area (Å²) in [6.07, 6.45) is 2.10. The summed E-state index contributed by atoms with van der Waals surface area (Å²) in [5.41, 5.74) is 3.77. The van der Waals surface area contributed by atoms with Gasteiger partial charge < -0.3 is 14.2 Å². The number of carbonyl (C=O) groups excluding carboxylic acids is 2. The Bertz CT molecular complexity index is 1780. The Morgan fingerprint density at radius 3 is 2.14 bits per heavy atom. The van der Waals surface area contributed by atoms with Gasteiger partial charge in [-0.2, -0.15) is 0 Å². The molecular formula is C37H35FN2O4. The number of hydrogen-bond donors (Lipinski definition) is 0. The smallest absolute Gasteiger partial charge is 0.254 e. The van der Waals surface area contributed by atoms with Crippen LogP contribution in [0.15, 0.2) is 119 Å². The Kier molecular flexibility index (Phi) is 9.65. The van der Waals surface area contributed by atoms with E-state index in [1.807, 2.05) is 42.5 Å². The number of halogens is 1. The van der Waals surface area contributed by atoms with Gasteiger partial charge in [-0.05, 0) is 65.4 Å². The van der Waals surface area contributed by atoms with Crippen LogP contribution in [0.25, 0.3) is 22.1 Å². The fraction of sp³-hybridized carbons (Fsp3) is 0.216. The lowest BCUT2D eigenvalue weighted by Crippen LogP contribution is -2.43. The van der Waals surface area contributed by atoms with Crippen molar-refractivity contribution < 1.29 is 18.4 Å². The van der Waals surface area contributed by atoms with E-state index in [9.17, 15) is 18.8 Å². The molecule has 0 saturated carbocycles. The Hall–Kier alpha value is -5.04. The number of nitrogens with zero attached hydrogens (tertiary/aromatic N) is 2. The maximum atomic E-state index is 13.9. The molecule has 1 heterocycles. The van der Waals surface area contributed by atoms with E-state index in [-0.39, 0.29) is 42.7 Å². The second-order valence-electron chi connectivity index (χ2n) is 11.3. The van der Waals surface area contributed by atoms with Gasteiger partial charge in [0.2, 0.25) is 5.91 Å². The SMILES string of the molecule is CC(C)CCN(CC(=O)N(Cc1ccc(F)cc1)Cc1coc2ccccc2c1=O)C(=O)c1ccc(-c2ccccc2)cc1. The van der Waals surface area contributed by atoms with Crippen LogP contribution in [0, 0.1) is 11.7 Å². The van der Waals surface area contributed by atoms with Crippen LogP contribution >= 0.6 is 0 Å². The van der Waals surface area contributed by atoms with Gasteiger partial charge in [-0.1, -0.05) is 80.6 Å². The zero-order chi connectivity index (χ0) is 31.1. The summed E-state index contributed by atoms with van der Waals surface area (Å²) in [5.74, 6) is -0.644. The quantitative estimate of drug-likeness (QED) is 0.162. The second kappa shape index (κ2) is 14.0. The van der Waals surface area contributed by atoms with E-state index in [0.29, 0.717) is 46.5 Å². The first-order valence-electron chi connectivity index (χ1n) is 14.7. The van der Waals surface area contributed by atoms with Crippen molar-refractivity contribution in [2.24, 2.45) is 5.92 Å². The zero-order valence-corrected chi connectivity index (χ0v) is 24.9. The minimum atomic E-state index is -0.384. The Morgan fingerprint density at radius 1 is 0.773 bits per heavy atom. The molecule has 0 spiro atoms. The highest BCUT2D eigenvalue weighted by Crippen LogP contribution is 2.21. The molecule has 6 nitrogen and oxygen atoms in total. The number of para-hydroxylation sites is 1. The van der Waals surface area contributed by atoms with Gasteiger partial charge in [0.15, 0.2) is 5.43 Å². The first-order valence-corrected chi connectivity index (χ1v) is 14.7. The Labute approximate surface area is 256 Å². The van der Waals surface area contributed by atoms with Gasteiger partial charge in [0.25, 0.3) is 5.91 Å². The molecule has 224 valence electrons. The number of carbonyl (C=O) groups is 2. The molecule has 0 fully saturated rings. The fourth-order valence-corrected chi connectivity index (χ4v) is 5.02. The van der Waals surface area contributed by atoms with E-state index < -0.39 is 0 Å². The summed E-state index contributed by atoms with van der Waals surface area (Å²) in [7, 11) is 0. The molecule has 7 heteroatoms. The third-order valence-corrected chi connectivity index (χ3v) is 7.58. The molecule has 0 radical (unpaired) electrons. The molecule has 0 aliphatic carbocycles. The molecule has 0 N–H and O–H groups in total. The highest BCUT2D eigenvalue weighted by Gasteiger charge is 2.24. The van der Waals surface area contributed by atoms with E-state index in [1.165, 1.54) is 23.3 Å². The van der Waals surface area contributed by atoms with Gasteiger partial charge in [0, 0.05) is 18.7 Å². The molecule has 5 aromatic rings. The van der Waals surface area contributed by atoms with Crippen LogP contribution in [-0.4, -0.2) is 34.7 Å². The predicted molar refractivity (Wildman–Crippen MR) is 170 cm³/mol. The van der Waals surface area contributed by atoms with E-state index in [1.54, 1.807) is 53.4 Å². The van der Waals surface area contributed by atoms with Crippen molar-refractivity contribution in [3.63, 3.8) is 0 Å². The van der Waals surface area contributed by atoms with Crippen molar-refractivity contribution in [2.75, 3.05) is 13.1 Å². The average molecular weight is 591 g/mol. The molecule has 0 saturated heterocycles. The summed E-state index contributed by atoms with van der Waals surface area (Å²) in [4.78, 5) is 44.1. The number of benzene rings is 4. The molecule has 0 aliphatic rings. The van der Waals surface area contributed by atoms with Crippen LogP contribution in [-0.2, 0) is 17.9 Å². The minimum absolute atomic E-state index is 0.0264. The van der Waals surface area contributed by atoms with Crippen molar-refractivity contribution in [1.29, 1.82) is 0 Å². The van der Waals surface area contributed by atoms with Crippen LogP contribution in [0.4, 0.5) is 4.39 Å². The lowest BCUT2D eigenvalue weighted by atomic mass is 10.0. The number of amides is 2. The average Bonchev–Trinajstić information content (AvgIpc) is 3.05. The molecular weight excluding hydrogens is 555 g/mol. The van der Waals surface area contributed by atoms with E-state index in [2.05, 4.69) is 13.8 Å². The summed E-state index contributed by atoms with van der Waals surface area (Å²) in [5, 5.41) is 0.423. The monoisotopic (exact) mass is 590 g/mol. The van der Waals surface area contributed by atoms with Gasteiger partial charge in [0.1, 0.15) is 17.9 Å². The topological polar surface area (TPSA) is 70.8 Å². The standard InChI is InChI=1S/C37H35FN2O4/c1-26(2)20-21-39(37(43)30-16-14-29(15-17-30)28-8-4-3-5-9-28)24-35(41)40(22-27-12-18-32(38)19-13-27)23-31-25-44-34-11-7-6-10-33(34)36(31)42/h3-19,25-26H,20-24H2,1-2H3.